The molecule has 7 heavy (non-hydrogen) atoms. The first-order valence-electron chi connectivity index (χ1n) is 2.18. The highest BCUT2D eigenvalue weighted by molar-refractivity contribution is 5.59. The summed E-state index contributed by atoms with van der Waals surface area (Å²) in [6.45, 7) is 3.80. The van der Waals surface area contributed by atoms with Crippen LogP contribution in [0.3, 0.4) is 0 Å². The number of hydrogen-bond acceptors (Lipinski definition) is 2. The SMILES string of the molecule is CC1=C[CH]NC=N1. The first kappa shape index (κ1) is 4.37. The molecule has 0 unspecified atom stereocenters. The van der Waals surface area contributed by atoms with Gasteiger partial charge in [0.2, 0.25) is 0 Å². The van der Waals surface area contributed by atoms with Gasteiger partial charge < -0.3 is 5.32 Å². The fraction of sp³-hybridized carbons (Fsp3) is 0.200. The van der Waals surface area contributed by atoms with Gasteiger partial charge in [-0.2, -0.15) is 0 Å². The van der Waals surface area contributed by atoms with Crippen molar-refractivity contribution in [1.29, 1.82) is 0 Å². The second-order valence-corrected chi connectivity index (χ2v) is 1.40. The van der Waals surface area contributed by atoms with E-state index in [2.05, 4.69) is 10.3 Å². The van der Waals surface area contributed by atoms with Gasteiger partial charge in [-0.05, 0) is 13.0 Å². The van der Waals surface area contributed by atoms with Gasteiger partial charge in [0.15, 0.2) is 0 Å². The molecule has 0 bridgehead atoms. The van der Waals surface area contributed by atoms with Gasteiger partial charge in [-0.1, -0.05) is 0 Å². The van der Waals surface area contributed by atoms with E-state index in [9.17, 15) is 0 Å². The number of allylic oxidation sites excluding steroid dienone is 1. The average molecular weight is 95.1 g/mol. The number of rotatable bonds is 0. The standard InChI is InChI=1S/C5H7N2/c1-5-2-3-6-4-7-5/h2-4H,1H3,(H,6,7). The Labute approximate surface area is 42.9 Å². The minimum Gasteiger partial charge on any atom is -0.367 e. The van der Waals surface area contributed by atoms with Gasteiger partial charge in [-0.3, -0.25) is 0 Å². The molecule has 0 aromatic rings. The highest BCUT2D eigenvalue weighted by Crippen LogP contribution is 1.95. The van der Waals surface area contributed by atoms with E-state index < -0.39 is 0 Å². The zero-order valence-electron chi connectivity index (χ0n) is 4.18. The van der Waals surface area contributed by atoms with Crippen molar-refractivity contribution in [3.05, 3.63) is 18.3 Å². The zero-order chi connectivity index (χ0) is 5.11. The van der Waals surface area contributed by atoms with Crippen molar-refractivity contribution < 1.29 is 0 Å². The lowest BCUT2D eigenvalue weighted by molar-refractivity contribution is 1.12. The summed E-state index contributed by atoms with van der Waals surface area (Å²) in [7, 11) is 0. The summed E-state index contributed by atoms with van der Waals surface area (Å²) >= 11 is 0. The van der Waals surface area contributed by atoms with Crippen molar-refractivity contribution in [2.75, 3.05) is 0 Å². The molecular formula is C5H7N2. The Morgan fingerprint density at radius 3 is 2.86 bits per heavy atom. The molecule has 0 amide bonds. The Morgan fingerprint density at radius 1 is 1.71 bits per heavy atom. The smallest absolute Gasteiger partial charge is 0.0887 e. The maximum atomic E-state index is 3.92. The van der Waals surface area contributed by atoms with E-state index in [0.29, 0.717) is 0 Å². The van der Waals surface area contributed by atoms with E-state index in [4.69, 9.17) is 0 Å². The van der Waals surface area contributed by atoms with Gasteiger partial charge >= 0.3 is 0 Å². The topological polar surface area (TPSA) is 24.4 Å². The van der Waals surface area contributed by atoms with Crippen LogP contribution in [-0.2, 0) is 0 Å². The van der Waals surface area contributed by atoms with Crippen LogP contribution < -0.4 is 5.32 Å². The van der Waals surface area contributed by atoms with Gasteiger partial charge in [0.1, 0.15) is 0 Å². The summed E-state index contributed by atoms with van der Waals surface area (Å²) in [6.07, 6.45) is 3.58. The summed E-state index contributed by atoms with van der Waals surface area (Å²) < 4.78 is 0. The summed E-state index contributed by atoms with van der Waals surface area (Å²) in [4.78, 5) is 3.92. The molecule has 0 fully saturated rings. The number of nitrogens with one attached hydrogen (secondary N) is 1. The molecule has 1 radical (unpaired) electrons. The largest absolute Gasteiger partial charge is 0.367 e. The first-order chi connectivity index (χ1) is 3.39. The lowest BCUT2D eigenvalue weighted by atomic mass is 10.4. The van der Waals surface area contributed by atoms with Gasteiger partial charge in [0.25, 0.3) is 0 Å². The second kappa shape index (κ2) is 1.78. The molecule has 1 N–H and O–H groups in total. The summed E-state index contributed by atoms with van der Waals surface area (Å²) in [5, 5.41) is 2.82. The van der Waals surface area contributed by atoms with Crippen LogP contribution in [0.25, 0.3) is 0 Å². The third kappa shape index (κ3) is 1.03. The highest BCUT2D eigenvalue weighted by atomic mass is 15.0. The van der Waals surface area contributed by atoms with Crippen LogP contribution in [-0.4, -0.2) is 6.34 Å². The summed E-state index contributed by atoms with van der Waals surface area (Å²) in [5.74, 6) is 0. The molecule has 1 rings (SSSR count). The van der Waals surface area contributed by atoms with Crippen molar-refractivity contribution in [2.24, 2.45) is 4.99 Å². The summed E-state index contributed by atoms with van der Waals surface area (Å²) in [5.41, 5.74) is 1.04. The number of hydrogen-bond donors (Lipinski definition) is 1. The first-order valence-corrected chi connectivity index (χ1v) is 2.18. The number of aliphatic imine (C=N–C) groups is 1. The van der Waals surface area contributed by atoms with E-state index in [-0.39, 0.29) is 0 Å². The minimum atomic E-state index is 1.04. The van der Waals surface area contributed by atoms with E-state index in [0.717, 1.165) is 5.70 Å². The molecule has 0 aliphatic carbocycles. The Morgan fingerprint density at radius 2 is 2.57 bits per heavy atom. The van der Waals surface area contributed by atoms with E-state index in [1.165, 1.54) is 0 Å². The van der Waals surface area contributed by atoms with Gasteiger partial charge in [-0.25, -0.2) is 4.99 Å². The predicted octanol–water partition coefficient (Wildman–Crippen LogP) is 0.683. The molecule has 2 nitrogen and oxygen atoms in total. The molecule has 2 heteroatoms. The fourth-order valence-electron chi connectivity index (χ4n) is 0.394. The Kier molecular flexibility index (Phi) is 1.11. The van der Waals surface area contributed by atoms with E-state index in [1.54, 1.807) is 6.34 Å². The molecular weight excluding hydrogens is 88.1 g/mol. The third-order valence-corrected chi connectivity index (χ3v) is 0.763. The molecule has 37 valence electrons. The van der Waals surface area contributed by atoms with Crippen LogP contribution in [0.1, 0.15) is 6.92 Å². The third-order valence-electron chi connectivity index (χ3n) is 0.763. The lowest BCUT2D eigenvalue weighted by Crippen LogP contribution is -2.08. The maximum absolute atomic E-state index is 3.92. The molecule has 0 aromatic carbocycles. The van der Waals surface area contributed by atoms with Gasteiger partial charge in [-0.15, -0.1) is 0 Å². The van der Waals surface area contributed by atoms with Crippen molar-refractivity contribution >= 4 is 6.34 Å². The van der Waals surface area contributed by atoms with Gasteiger partial charge in [0, 0.05) is 5.70 Å². The lowest BCUT2D eigenvalue weighted by Gasteiger charge is -1.99. The van der Waals surface area contributed by atoms with Crippen molar-refractivity contribution in [1.82, 2.24) is 5.32 Å². The normalized spacial score (nSPS) is 18.1. The molecule has 0 aromatic heterocycles. The molecule has 1 aliphatic rings. The molecule has 0 atom stereocenters. The quantitative estimate of drug-likeness (QED) is 0.470. The van der Waals surface area contributed by atoms with Crippen LogP contribution in [0.4, 0.5) is 0 Å². The molecule has 1 heterocycles. The van der Waals surface area contributed by atoms with Crippen LogP contribution in [0.5, 0.6) is 0 Å². The molecule has 0 saturated carbocycles. The van der Waals surface area contributed by atoms with Crippen LogP contribution in [0, 0.1) is 6.54 Å². The van der Waals surface area contributed by atoms with Crippen LogP contribution in [0.2, 0.25) is 0 Å². The Bertz CT molecular complexity index is 113. The van der Waals surface area contributed by atoms with E-state index >= 15 is 0 Å². The molecule has 0 spiro atoms. The Hall–Kier alpha value is -0.790. The molecule has 0 saturated heterocycles. The van der Waals surface area contributed by atoms with Crippen LogP contribution >= 0.6 is 0 Å². The van der Waals surface area contributed by atoms with Crippen molar-refractivity contribution in [3.63, 3.8) is 0 Å². The maximum Gasteiger partial charge on any atom is 0.0887 e. The minimum absolute atomic E-state index is 1.04. The fourth-order valence-corrected chi connectivity index (χ4v) is 0.394. The number of nitrogens with zero attached hydrogens (tertiary/aromatic N) is 1. The zero-order valence-corrected chi connectivity index (χ0v) is 4.18. The van der Waals surface area contributed by atoms with Crippen molar-refractivity contribution in [3.8, 4) is 0 Å². The average Bonchev–Trinajstić information content (AvgIpc) is 1.69. The monoisotopic (exact) mass is 95.1 g/mol. The van der Waals surface area contributed by atoms with Crippen molar-refractivity contribution in [2.45, 2.75) is 6.92 Å². The van der Waals surface area contributed by atoms with E-state index in [1.807, 2.05) is 19.5 Å². The molecule has 1 aliphatic heterocycles. The van der Waals surface area contributed by atoms with Gasteiger partial charge in [0.05, 0.1) is 12.9 Å². The second-order valence-electron chi connectivity index (χ2n) is 1.40. The Balaban J connectivity index is 2.58. The summed E-state index contributed by atoms with van der Waals surface area (Å²) in [6, 6.07) is 0. The van der Waals surface area contributed by atoms with Crippen LogP contribution in [0.15, 0.2) is 16.8 Å². The highest BCUT2D eigenvalue weighted by Gasteiger charge is 1.86. The predicted molar refractivity (Wildman–Crippen MR) is 29.7 cm³/mol.